The first kappa shape index (κ1) is 18.4. The van der Waals surface area contributed by atoms with Gasteiger partial charge in [-0.1, -0.05) is 11.6 Å². The summed E-state index contributed by atoms with van der Waals surface area (Å²) >= 11 is 5.81. The number of hydrogen-bond donors (Lipinski definition) is 1. The fourth-order valence-corrected chi connectivity index (χ4v) is 3.31. The van der Waals surface area contributed by atoms with Crippen molar-refractivity contribution in [3.63, 3.8) is 0 Å². The summed E-state index contributed by atoms with van der Waals surface area (Å²) in [5, 5.41) is 0.237. The summed E-state index contributed by atoms with van der Waals surface area (Å²) in [6, 6.07) is 7.03. The van der Waals surface area contributed by atoms with Crippen molar-refractivity contribution in [3.05, 3.63) is 53.1 Å². The topological polar surface area (TPSA) is 64.6 Å². The van der Waals surface area contributed by atoms with E-state index in [1.807, 2.05) is 0 Å². The summed E-state index contributed by atoms with van der Waals surface area (Å²) in [5.41, 5.74) is 0. The van der Waals surface area contributed by atoms with Crippen LogP contribution in [0, 0.1) is 11.6 Å². The van der Waals surface area contributed by atoms with Crippen molar-refractivity contribution in [1.29, 1.82) is 0 Å². The Morgan fingerprint density at radius 3 is 2.50 bits per heavy atom. The van der Waals surface area contributed by atoms with Gasteiger partial charge in [0.15, 0.2) is 11.6 Å². The quantitative estimate of drug-likeness (QED) is 0.753. The Balaban J connectivity index is 1.99. The van der Waals surface area contributed by atoms with E-state index in [4.69, 9.17) is 21.1 Å². The lowest BCUT2D eigenvalue weighted by molar-refractivity contribution is 0.305. The number of nitrogens with one attached hydrogen (secondary N) is 1. The summed E-state index contributed by atoms with van der Waals surface area (Å²) in [6.45, 7) is -0.278. The highest BCUT2D eigenvalue weighted by Crippen LogP contribution is 2.26. The summed E-state index contributed by atoms with van der Waals surface area (Å²) in [6.07, 6.45) is 0. The number of benzene rings is 2. The summed E-state index contributed by atoms with van der Waals surface area (Å²) < 4.78 is 63.0. The molecule has 1 N–H and O–H groups in total. The predicted molar refractivity (Wildman–Crippen MR) is 85.0 cm³/mol. The molecule has 0 saturated heterocycles. The highest BCUT2D eigenvalue weighted by molar-refractivity contribution is 7.89. The van der Waals surface area contributed by atoms with E-state index in [9.17, 15) is 17.2 Å². The van der Waals surface area contributed by atoms with Crippen LogP contribution in [0.25, 0.3) is 0 Å². The molecule has 0 aliphatic rings. The van der Waals surface area contributed by atoms with Gasteiger partial charge >= 0.3 is 0 Å². The largest absolute Gasteiger partial charge is 0.495 e. The number of halogens is 3. The van der Waals surface area contributed by atoms with Gasteiger partial charge in [-0.25, -0.2) is 21.9 Å². The van der Waals surface area contributed by atoms with Gasteiger partial charge in [0.25, 0.3) is 0 Å². The lowest BCUT2D eigenvalue weighted by Gasteiger charge is -2.12. The maximum absolute atomic E-state index is 13.4. The SMILES string of the molecule is COc1ccc(Cl)cc1S(=O)(=O)NCCOc1ccc(F)cc1F. The number of sulfonamides is 1. The van der Waals surface area contributed by atoms with Crippen LogP contribution in [0.15, 0.2) is 41.3 Å². The monoisotopic (exact) mass is 377 g/mol. The van der Waals surface area contributed by atoms with Crippen LogP contribution in [0.3, 0.4) is 0 Å². The zero-order valence-corrected chi connectivity index (χ0v) is 14.1. The van der Waals surface area contributed by atoms with Crippen LogP contribution in [0.2, 0.25) is 5.02 Å². The molecule has 0 amide bonds. The molecule has 24 heavy (non-hydrogen) atoms. The summed E-state index contributed by atoms with van der Waals surface area (Å²) in [5.74, 6) is -1.63. The molecule has 0 aromatic heterocycles. The molecule has 0 aliphatic carbocycles. The first-order valence-corrected chi connectivity index (χ1v) is 8.60. The molecule has 0 fully saturated rings. The predicted octanol–water partition coefficient (Wildman–Crippen LogP) is 2.98. The normalized spacial score (nSPS) is 11.3. The molecule has 5 nitrogen and oxygen atoms in total. The minimum atomic E-state index is -3.89. The van der Waals surface area contributed by atoms with Crippen molar-refractivity contribution >= 4 is 21.6 Å². The molecule has 130 valence electrons. The Kier molecular flexibility index (Phi) is 5.98. The van der Waals surface area contributed by atoms with Crippen LogP contribution in [0.1, 0.15) is 0 Å². The second kappa shape index (κ2) is 7.78. The van der Waals surface area contributed by atoms with Gasteiger partial charge in [0, 0.05) is 17.6 Å². The number of hydrogen-bond acceptors (Lipinski definition) is 4. The molecular formula is C15H14ClF2NO4S. The molecule has 0 saturated carbocycles. The molecule has 0 spiro atoms. The number of methoxy groups -OCH3 is 1. The molecule has 0 aliphatic heterocycles. The van der Waals surface area contributed by atoms with Gasteiger partial charge in [-0.15, -0.1) is 0 Å². The Bertz CT molecular complexity index is 830. The third kappa shape index (κ3) is 4.56. The summed E-state index contributed by atoms with van der Waals surface area (Å²) in [7, 11) is -2.55. The van der Waals surface area contributed by atoms with Gasteiger partial charge in [-0.3, -0.25) is 0 Å². The van der Waals surface area contributed by atoms with Gasteiger partial charge in [0.1, 0.15) is 23.1 Å². The molecule has 0 atom stereocenters. The molecule has 9 heteroatoms. The Hall–Kier alpha value is -1.90. The van der Waals surface area contributed by atoms with Crippen LogP contribution >= 0.6 is 11.6 Å². The molecule has 2 aromatic rings. The summed E-state index contributed by atoms with van der Waals surface area (Å²) in [4.78, 5) is -0.120. The smallest absolute Gasteiger partial charge is 0.244 e. The lowest BCUT2D eigenvalue weighted by Crippen LogP contribution is -2.28. The van der Waals surface area contributed by atoms with Crippen LogP contribution in [-0.4, -0.2) is 28.7 Å². The molecule has 2 aromatic carbocycles. The van der Waals surface area contributed by atoms with Crippen molar-refractivity contribution in [3.8, 4) is 11.5 Å². The Morgan fingerprint density at radius 2 is 1.83 bits per heavy atom. The molecule has 0 bridgehead atoms. The van der Waals surface area contributed by atoms with Crippen LogP contribution < -0.4 is 14.2 Å². The number of rotatable bonds is 7. The fourth-order valence-electron chi connectivity index (χ4n) is 1.87. The van der Waals surface area contributed by atoms with E-state index in [0.717, 1.165) is 12.1 Å². The maximum atomic E-state index is 13.4. The van der Waals surface area contributed by atoms with Gasteiger partial charge in [0.2, 0.25) is 10.0 Å². The molecule has 0 heterocycles. The van der Waals surface area contributed by atoms with Crippen molar-refractivity contribution in [2.45, 2.75) is 4.90 Å². The highest BCUT2D eigenvalue weighted by Gasteiger charge is 2.19. The van der Waals surface area contributed by atoms with E-state index in [-0.39, 0.29) is 34.6 Å². The fraction of sp³-hybridized carbons (Fsp3) is 0.200. The first-order chi connectivity index (χ1) is 11.3. The standard InChI is InChI=1S/C15H14ClF2NO4S/c1-22-14-4-2-10(16)8-15(14)24(20,21)19-6-7-23-13-5-3-11(17)9-12(13)18/h2-5,8-9,19H,6-7H2,1H3. The number of ether oxygens (including phenoxy) is 2. The van der Waals surface area contributed by atoms with Crippen LogP contribution in [-0.2, 0) is 10.0 Å². The van der Waals surface area contributed by atoms with E-state index in [2.05, 4.69) is 4.72 Å². The van der Waals surface area contributed by atoms with Gasteiger partial charge < -0.3 is 9.47 Å². The van der Waals surface area contributed by atoms with Gasteiger partial charge in [-0.2, -0.15) is 0 Å². The van der Waals surface area contributed by atoms with Crippen LogP contribution in [0.4, 0.5) is 8.78 Å². The van der Waals surface area contributed by atoms with E-state index >= 15 is 0 Å². The van der Waals surface area contributed by atoms with E-state index in [1.54, 1.807) is 0 Å². The van der Waals surface area contributed by atoms with Gasteiger partial charge in [-0.05, 0) is 30.3 Å². The van der Waals surface area contributed by atoms with Crippen molar-refractivity contribution in [2.75, 3.05) is 20.3 Å². The highest BCUT2D eigenvalue weighted by atomic mass is 35.5. The van der Waals surface area contributed by atoms with Crippen molar-refractivity contribution in [2.24, 2.45) is 0 Å². The molecule has 0 unspecified atom stereocenters. The molecule has 2 rings (SSSR count). The minimum absolute atomic E-state index is 0.120. The third-order valence-electron chi connectivity index (χ3n) is 2.96. The second-order valence-corrected chi connectivity index (χ2v) is 6.79. The minimum Gasteiger partial charge on any atom is -0.495 e. The molecular weight excluding hydrogens is 364 g/mol. The maximum Gasteiger partial charge on any atom is 0.244 e. The van der Waals surface area contributed by atoms with Gasteiger partial charge in [0.05, 0.1) is 7.11 Å². The first-order valence-electron chi connectivity index (χ1n) is 6.74. The average Bonchev–Trinajstić information content (AvgIpc) is 2.53. The Morgan fingerprint density at radius 1 is 1.12 bits per heavy atom. The Labute approximate surface area is 143 Å². The molecule has 0 radical (unpaired) electrons. The lowest BCUT2D eigenvalue weighted by atomic mass is 10.3. The zero-order valence-electron chi connectivity index (χ0n) is 12.6. The van der Waals surface area contributed by atoms with E-state index in [1.165, 1.54) is 25.3 Å². The van der Waals surface area contributed by atoms with E-state index < -0.39 is 21.7 Å². The van der Waals surface area contributed by atoms with E-state index in [0.29, 0.717) is 6.07 Å². The zero-order chi connectivity index (χ0) is 17.7. The average molecular weight is 378 g/mol. The van der Waals surface area contributed by atoms with Crippen molar-refractivity contribution < 1.29 is 26.7 Å². The van der Waals surface area contributed by atoms with Crippen molar-refractivity contribution in [1.82, 2.24) is 4.72 Å². The van der Waals surface area contributed by atoms with Crippen LogP contribution in [0.5, 0.6) is 11.5 Å². The second-order valence-electron chi connectivity index (χ2n) is 4.62. The third-order valence-corrected chi connectivity index (χ3v) is 4.68.